The van der Waals surface area contributed by atoms with Crippen LogP contribution < -0.4 is 11.1 Å². The minimum atomic E-state index is -0.394. The molecule has 0 radical (unpaired) electrons. The van der Waals surface area contributed by atoms with Crippen LogP contribution in [0.1, 0.15) is 17.3 Å². The molecule has 1 aromatic heterocycles. The Kier molecular flexibility index (Phi) is 4.06. The van der Waals surface area contributed by atoms with E-state index in [4.69, 9.17) is 22.5 Å². The van der Waals surface area contributed by atoms with Gasteiger partial charge in [-0.2, -0.15) is 4.98 Å². The maximum Gasteiger partial charge on any atom is 0.223 e. The van der Waals surface area contributed by atoms with Crippen LogP contribution in [-0.2, 0) is 6.42 Å². The lowest BCUT2D eigenvalue weighted by atomic mass is 10.2. The van der Waals surface area contributed by atoms with Crippen LogP contribution in [0.25, 0.3) is 0 Å². The van der Waals surface area contributed by atoms with Crippen molar-refractivity contribution in [1.82, 2.24) is 10.1 Å². The normalized spacial score (nSPS) is 10.4. The molecule has 0 saturated heterocycles. The molecule has 0 saturated carbocycles. The van der Waals surface area contributed by atoms with Crippen molar-refractivity contribution in [3.63, 3.8) is 0 Å². The van der Waals surface area contributed by atoms with Crippen molar-refractivity contribution in [3.05, 3.63) is 41.3 Å². The number of aryl methyl sites for hydroxylation is 1. The molecule has 0 bridgehead atoms. The van der Waals surface area contributed by atoms with E-state index in [1.165, 1.54) is 6.07 Å². The molecule has 1 heterocycles. The molecule has 0 atom stereocenters. The highest BCUT2D eigenvalue weighted by molar-refractivity contribution is 7.80. The number of nitrogens with two attached hydrogens (primary N) is 1. The molecule has 0 aliphatic rings. The maximum absolute atomic E-state index is 13.7. The number of hydrogen-bond acceptors (Lipinski definition) is 5. The van der Waals surface area contributed by atoms with E-state index in [2.05, 4.69) is 15.5 Å². The van der Waals surface area contributed by atoms with Gasteiger partial charge in [0.2, 0.25) is 5.89 Å². The molecule has 2 rings (SSSR count). The lowest BCUT2D eigenvalue weighted by molar-refractivity contribution is 0.387. The van der Waals surface area contributed by atoms with Gasteiger partial charge in [0.05, 0.1) is 5.69 Å². The number of thiocarbonyl (C=S) groups is 1. The Labute approximate surface area is 115 Å². The average molecular weight is 280 g/mol. The summed E-state index contributed by atoms with van der Waals surface area (Å²) in [4.78, 5) is 4.23. The van der Waals surface area contributed by atoms with Gasteiger partial charge in [0, 0.05) is 25.5 Å². The van der Waals surface area contributed by atoms with E-state index in [1.54, 1.807) is 19.1 Å². The van der Waals surface area contributed by atoms with Gasteiger partial charge < -0.3 is 15.6 Å². The molecule has 0 fully saturated rings. The summed E-state index contributed by atoms with van der Waals surface area (Å²) >= 11 is 4.78. The van der Waals surface area contributed by atoms with Crippen molar-refractivity contribution in [3.8, 4) is 0 Å². The minimum absolute atomic E-state index is 0.174. The van der Waals surface area contributed by atoms with E-state index in [0.717, 1.165) is 0 Å². The number of rotatable bonds is 5. The van der Waals surface area contributed by atoms with E-state index in [-0.39, 0.29) is 4.99 Å². The third-order valence-corrected chi connectivity index (χ3v) is 2.72. The van der Waals surface area contributed by atoms with E-state index in [1.807, 2.05) is 0 Å². The second-order valence-electron chi connectivity index (χ2n) is 3.97. The third-order valence-electron chi connectivity index (χ3n) is 2.49. The highest BCUT2D eigenvalue weighted by Gasteiger charge is 2.06. The summed E-state index contributed by atoms with van der Waals surface area (Å²) in [5.74, 6) is 0.710. The summed E-state index contributed by atoms with van der Waals surface area (Å²) in [6.07, 6.45) is 0.549. The molecule has 0 unspecified atom stereocenters. The predicted molar refractivity (Wildman–Crippen MR) is 73.5 cm³/mol. The smallest absolute Gasteiger partial charge is 0.223 e. The fourth-order valence-electron chi connectivity index (χ4n) is 1.56. The largest absolute Gasteiger partial charge is 0.389 e. The number of benzene rings is 1. The van der Waals surface area contributed by atoms with Crippen molar-refractivity contribution in [2.75, 3.05) is 11.9 Å². The van der Waals surface area contributed by atoms with Gasteiger partial charge in [-0.05, 0) is 18.2 Å². The topological polar surface area (TPSA) is 77.0 Å². The van der Waals surface area contributed by atoms with Crippen molar-refractivity contribution < 1.29 is 8.91 Å². The van der Waals surface area contributed by atoms with Crippen molar-refractivity contribution in [2.45, 2.75) is 13.3 Å². The molecule has 5 nitrogen and oxygen atoms in total. The van der Waals surface area contributed by atoms with Gasteiger partial charge in [0.15, 0.2) is 5.82 Å². The first-order valence-corrected chi connectivity index (χ1v) is 6.09. The van der Waals surface area contributed by atoms with Gasteiger partial charge >= 0.3 is 0 Å². The summed E-state index contributed by atoms with van der Waals surface area (Å²) in [5.41, 5.74) is 6.32. The second-order valence-corrected chi connectivity index (χ2v) is 4.41. The Bertz CT molecular complexity index is 599. The van der Waals surface area contributed by atoms with E-state index >= 15 is 0 Å². The lowest BCUT2D eigenvalue weighted by Gasteiger charge is -2.07. The standard InChI is InChI=1S/C12H13FN4OS/c1-7-16-11(17-18-7)4-5-15-10-3-2-8(12(14)19)6-9(10)13/h2-3,6,15H,4-5H2,1H3,(H2,14,19). The highest BCUT2D eigenvalue weighted by Crippen LogP contribution is 2.15. The zero-order valence-corrected chi connectivity index (χ0v) is 11.1. The zero-order valence-electron chi connectivity index (χ0n) is 10.3. The zero-order chi connectivity index (χ0) is 13.8. The Hall–Kier alpha value is -2.02. The Morgan fingerprint density at radius 1 is 1.53 bits per heavy atom. The first-order valence-electron chi connectivity index (χ1n) is 5.68. The number of nitrogens with zero attached hydrogens (tertiary/aromatic N) is 2. The monoisotopic (exact) mass is 280 g/mol. The predicted octanol–water partition coefficient (Wildman–Crippen LogP) is 1.81. The van der Waals surface area contributed by atoms with Gasteiger partial charge in [-0.3, -0.25) is 0 Å². The Balaban J connectivity index is 1.94. The molecular weight excluding hydrogens is 267 g/mol. The van der Waals surface area contributed by atoms with Gasteiger partial charge in [0.25, 0.3) is 0 Å². The molecule has 2 aromatic rings. The van der Waals surface area contributed by atoms with Crippen LogP contribution in [0.4, 0.5) is 10.1 Å². The summed E-state index contributed by atoms with van der Waals surface area (Å²) in [6.45, 7) is 2.22. The number of hydrogen-bond donors (Lipinski definition) is 2. The molecule has 19 heavy (non-hydrogen) atoms. The molecule has 7 heteroatoms. The van der Waals surface area contributed by atoms with Gasteiger partial charge in [-0.1, -0.05) is 17.4 Å². The SMILES string of the molecule is Cc1nc(CCNc2ccc(C(N)=S)cc2F)no1. The molecular formula is C12H13FN4OS. The van der Waals surface area contributed by atoms with Crippen LogP contribution in [-0.4, -0.2) is 21.7 Å². The van der Waals surface area contributed by atoms with Crippen molar-refractivity contribution >= 4 is 22.9 Å². The van der Waals surface area contributed by atoms with Gasteiger partial charge in [-0.15, -0.1) is 0 Å². The van der Waals surface area contributed by atoms with E-state index in [9.17, 15) is 4.39 Å². The van der Waals surface area contributed by atoms with Crippen molar-refractivity contribution in [1.29, 1.82) is 0 Å². The number of anilines is 1. The van der Waals surface area contributed by atoms with E-state index in [0.29, 0.717) is 35.9 Å². The molecule has 100 valence electrons. The molecule has 1 aromatic carbocycles. The quantitative estimate of drug-likeness (QED) is 0.813. The highest BCUT2D eigenvalue weighted by atomic mass is 32.1. The molecule has 0 amide bonds. The summed E-state index contributed by atoms with van der Waals surface area (Å²) < 4.78 is 18.6. The van der Waals surface area contributed by atoms with Crippen LogP contribution in [0.15, 0.2) is 22.7 Å². The number of aromatic nitrogens is 2. The molecule has 3 N–H and O–H groups in total. The summed E-state index contributed by atoms with van der Waals surface area (Å²) in [5, 5.41) is 6.71. The molecule has 0 aliphatic carbocycles. The first kappa shape index (κ1) is 13.4. The number of halogens is 1. The van der Waals surface area contributed by atoms with Crippen LogP contribution in [0.3, 0.4) is 0 Å². The maximum atomic E-state index is 13.7. The van der Waals surface area contributed by atoms with Crippen LogP contribution in [0.2, 0.25) is 0 Å². The summed E-state index contributed by atoms with van der Waals surface area (Å²) in [7, 11) is 0. The average Bonchev–Trinajstić information content (AvgIpc) is 2.77. The Morgan fingerprint density at radius 3 is 2.89 bits per heavy atom. The molecule has 0 aliphatic heterocycles. The Morgan fingerprint density at radius 2 is 2.32 bits per heavy atom. The molecule has 0 spiro atoms. The van der Waals surface area contributed by atoms with Crippen LogP contribution in [0.5, 0.6) is 0 Å². The lowest BCUT2D eigenvalue weighted by Crippen LogP contribution is -2.11. The minimum Gasteiger partial charge on any atom is -0.389 e. The van der Waals surface area contributed by atoms with Gasteiger partial charge in [-0.25, -0.2) is 4.39 Å². The second kappa shape index (κ2) is 5.75. The summed E-state index contributed by atoms with van der Waals surface area (Å²) in [6, 6.07) is 4.58. The number of nitrogens with one attached hydrogen (secondary N) is 1. The van der Waals surface area contributed by atoms with E-state index < -0.39 is 5.82 Å². The van der Waals surface area contributed by atoms with Crippen molar-refractivity contribution in [2.24, 2.45) is 5.73 Å². The fraction of sp³-hybridized carbons (Fsp3) is 0.250. The van der Waals surface area contributed by atoms with Crippen LogP contribution >= 0.6 is 12.2 Å². The third kappa shape index (κ3) is 3.47. The first-order chi connectivity index (χ1) is 9.06. The van der Waals surface area contributed by atoms with Gasteiger partial charge in [0.1, 0.15) is 10.8 Å². The van der Waals surface area contributed by atoms with Crippen LogP contribution in [0, 0.1) is 12.7 Å². The fourth-order valence-corrected chi connectivity index (χ4v) is 1.69.